The average Bonchev–Trinajstić information content (AvgIpc) is 2.99. The SMILES string of the molecule is Oc1ccnc2ccccc12.[Cl][Ti][Cl].c1cc[cH-]c1. The Morgan fingerprint density at radius 1 is 1.00 bits per heavy atom. The normalized spacial score (nSPS) is 8.74. The molecule has 98 valence electrons. The van der Waals surface area contributed by atoms with E-state index in [0.29, 0.717) is 0 Å². The molecule has 0 aliphatic carbocycles. The van der Waals surface area contributed by atoms with E-state index in [0.717, 1.165) is 10.9 Å². The van der Waals surface area contributed by atoms with Crippen LogP contribution in [-0.4, -0.2) is 10.1 Å². The summed E-state index contributed by atoms with van der Waals surface area (Å²) in [6, 6.07) is 19.1. The first-order chi connectivity index (χ1) is 9.29. The Hall–Kier alpha value is -0.926. The van der Waals surface area contributed by atoms with Crippen LogP contribution in [0.2, 0.25) is 0 Å². The van der Waals surface area contributed by atoms with Crippen molar-refractivity contribution in [2.75, 3.05) is 0 Å². The predicted molar refractivity (Wildman–Crippen MR) is 77.1 cm³/mol. The summed E-state index contributed by atoms with van der Waals surface area (Å²) in [5.41, 5.74) is 0.826. The van der Waals surface area contributed by atoms with Gasteiger partial charge in [-0.05, 0) is 18.2 Å². The predicted octanol–water partition coefficient (Wildman–Crippen LogP) is 4.72. The maximum Gasteiger partial charge on any atom is -0.172 e. The third-order valence-electron chi connectivity index (χ3n) is 2.18. The van der Waals surface area contributed by atoms with E-state index in [9.17, 15) is 5.11 Å². The van der Waals surface area contributed by atoms with Crippen molar-refractivity contribution in [2.24, 2.45) is 0 Å². The molecule has 0 aliphatic rings. The minimum absolute atomic E-state index is 0.288. The topological polar surface area (TPSA) is 33.1 Å². The molecule has 19 heavy (non-hydrogen) atoms. The molecule has 3 rings (SSSR count). The summed E-state index contributed by atoms with van der Waals surface area (Å²) in [6.45, 7) is 0. The molecule has 2 nitrogen and oxygen atoms in total. The Labute approximate surface area is 129 Å². The van der Waals surface area contributed by atoms with Gasteiger partial charge in [0.2, 0.25) is 0 Å². The number of halogens is 2. The number of aromatic nitrogens is 1. The summed E-state index contributed by atoms with van der Waals surface area (Å²) in [7, 11) is 9.78. The molecule has 5 heteroatoms. The van der Waals surface area contributed by atoms with Gasteiger partial charge in [-0.1, -0.05) is 12.1 Å². The number of rotatable bonds is 0. The van der Waals surface area contributed by atoms with Crippen molar-refractivity contribution < 1.29 is 22.1 Å². The minimum Gasteiger partial charge on any atom is -0.214 e. The van der Waals surface area contributed by atoms with E-state index in [-0.39, 0.29) is 5.75 Å². The second kappa shape index (κ2) is 9.93. The van der Waals surface area contributed by atoms with Gasteiger partial charge in [0, 0.05) is 11.6 Å². The summed E-state index contributed by atoms with van der Waals surface area (Å²) >= 11 is -0.556. The Balaban J connectivity index is 0.000000188. The van der Waals surface area contributed by atoms with E-state index in [2.05, 4.69) is 4.98 Å². The van der Waals surface area contributed by atoms with Gasteiger partial charge in [-0.3, -0.25) is 4.98 Å². The number of aromatic hydroxyl groups is 1. The van der Waals surface area contributed by atoms with E-state index in [1.54, 1.807) is 12.3 Å². The zero-order valence-corrected chi connectivity index (χ0v) is 13.1. The van der Waals surface area contributed by atoms with Gasteiger partial charge in [0.1, 0.15) is 5.75 Å². The molecule has 0 saturated heterocycles. The van der Waals surface area contributed by atoms with Crippen LogP contribution in [0.25, 0.3) is 10.9 Å². The third-order valence-corrected chi connectivity index (χ3v) is 2.18. The fourth-order valence-corrected chi connectivity index (χ4v) is 1.40. The molecular formula is C14H12Cl2NOTi-. The van der Waals surface area contributed by atoms with Gasteiger partial charge in [0.25, 0.3) is 0 Å². The largest absolute Gasteiger partial charge is 0.214 e. The molecule has 0 spiro atoms. The number of fused-ring (bicyclic) bond motifs is 1. The van der Waals surface area contributed by atoms with Gasteiger partial charge in [-0.15, -0.1) is 0 Å². The van der Waals surface area contributed by atoms with E-state index < -0.39 is 17.0 Å². The van der Waals surface area contributed by atoms with Crippen LogP contribution in [0, 0.1) is 0 Å². The number of benzene rings is 1. The van der Waals surface area contributed by atoms with Gasteiger partial charge in [0.15, 0.2) is 0 Å². The standard InChI is InChI=1S/C9H7NO.C5H5.2ClH.Ti/c11-9-5-6-10-8-4-2-1-3-7(8)9;1-2-4-5-3-1;;;/h1-6H,(H,10,11);1-5H;2*1H;/q;-1;;;+2/p-2. The van der Waals surface area contributed by atoms with Crippen LogP contribution in [0.3, 0.4) is 0 Å². The van der Waals surface area contributed by atoms with Crippen LogP contribution in [0.1, 0.15) is 0 Å². The molecule has 1 N–H and O–H groups in total. The number of hydrogen-bond donors (Lipinski definition) is 1. The summed E-state index contributed by atoms with van der Waals surface area (Å²) in [6.07, 6.45) is 1.59. The van der Waals surface area contributed by atoms with Crippen molar-refractivity contribution in [3.05, 3.63) is 66.9 Å². The first-order valence-electron chi connectivity index (χ1n) is 5.45. The zero-order valence-electron chi connectivity index (χ0n) is 10.0. The van der Waals surface area contributed by atoms with Gasteiger partial charge in [-0.2, -0.15) is 18.2 Å². The molecule has 0 amide bonds. The zero-order chi connectivity index (χ0) is 13.9. The molecule has 1 aromatic heterocycles. The summed E-state index contributed by atoms with van der Waals surface area (Å²) in [5, 5.41) is 10.1. The Morgan fingerprint density at radius 2 is 1.63 bits per heavy atom. The van der Waals surface area contributed by atoms with E-state index in [1.807, 2.05) is 54.6 Å². The van der Waals surface area contributed by atoms with Crippen molar-refractivity contribution in [2.45, 2.75) is 0 Å². The van der Waals surface area contributed by atoms with Crippen LogP contribution >= 0.6 is 18.6 Å². The van der Waals surface area contributed by atoms with E-state index >= 15 is 0 Å². The average molecular weight is 329 g/mol. The Bertz CT molecular complexity index is 550. The number of para-hydroxylation sites is 1. The first-order valence-corrected chi connectivity index (χ1v) is 9.75. The molecule has 0 unspecified atom stereocenters. The Morgan fingerprint density at radius 3 is 2.16 bits per heavy atom. The monoisotopic (exact) mass is 328 g/mol. The quantitative estimate of drug-likeness (QED) is 0.478. The molecule has 0 fully saturated rings. The van der Waals surface area contributed by atoms with Gasteiger partial charge in [0.05, 0.1) is 5.52 Å². The van der Waals surface area contributed by atoms with Crippen molar-refractivity contribution in [3.8, 4) is 5.75 Å². The number of pyridine rings is 1. The molecule has 0 aliphatic heterocycles. The fourth-order valence-electron chi connectivity index (χ4n) is 1.40. The number of nitrogens with zero attached hydrogens (tertiary/aromatic N) is 1. The minimum atomic E-state index is -0.556. The van der Waals surface area contributed by atoms with Crippen molar-refractivity contribution >= 4 is 29.5 Å². The van der Waals surface area contributed by atoms with Crippen LogP contribution in [0.4, 0.5) is 0 Å². The molecule has 1 heterocycles. The molecular weight excluding hydrogens is 317 g/mol. The van der Waals surface area contributed by atoms with Gasteiger partial charge < -0.3 is 5.11 Å². The molecule has 0 radical (unpaired) electrons. The second-order valence-corrected chi connectivity index (χ2v) is 5.96. The molecule has 0 saturated carbocycles. The summed E-state index contributed by atoms with van der Waals surface area (Å²) in [5.74, 6) is 0.288. The molecule has 2 aromatic carbocycles. The van der Waals surface area contributed by atoms with Crippen molar-refractivity contribution in [1.82, 2.24) is 4.98 Å². The van der Waals surface area contributed by atoms with Crippen molar-refractivity contribution in [1.29, 1.82) is 0 Å². The fraction of sp³-hybridized carbons (Fsp3) is 0. The molecule has 0 bridgehead atoms. The Kier molecular flexibility index (Phi) is 8.43. The molecule has 0 atom stereocenters. The van der Waals surface area contributed by atoms with E-state index in [4.69, 9.17) is 18.6 Å². The van der Waals surface area contributed by atoms with Gasteiger partial charge in [-0.25, -0.2) is 12.1 Å². The first kappa shape index (κ1) is 16.1. The maximum absolute atomic E-state index is 9.33. The second-order valence-electron chi connectivity index (χ2n) is 3.38. The number of hydrogen-bond acceptors (Lipinski definition) is 2. The summed E-state index contributed by atoms with van der Waals surface area (Å²) in [4.78, 5) is 4.08. The van der Waals surface area contributed by atoms with Crippen LogP contribution in [0.15, 0.2) is 66.9 Å². The van der Waals surface area contributed by atoms with Crippen LogP contribution in [-0.2, 0) is 17.0 Å². The third kappa shape index (κ3) is 6.17. The van der Waals surface area contributed by atoms with Crippen molar-refractivity contribution in [3.63, 3.8) is 0 Å². The summed E-state index contributed by atoms with van der Waals surface area (Å²) < 4.78 is 0. The maximum atomic E-state index is 9.33. The van der Waals surface area contributed by atoms with Crippen LogP contribution in [0.5, 0.6) is 5.75 Å². The van der Waals surface area contributed by atoms with Gasteiger partial charge >= 0.3 is 35.6 Å². The smallest absolute Gasteiger partial charge is 0.172 e. The van der Waals surface area contributed by atoms with Crippen LogP contribution < -0.4 is 0 Å². The van der Waals surface area contributed by atoms with E-state index in [1.165, 1.54) is 0 Å². The molecule has 3 aromatic rings.